The van der Waals surface area contributed by atoms with E-state index in [0.29, 0.717) is 18.9 Å². The average Bonchev–Trinajstić information content (AvgIpc) is 3.03. The molecule has 0 aliphatic carbocycles. The molecule has 5 nitrogen and oxygen atoms in total. The van der Waals surface area contributed by atoms with Gasteiger partial charge in [0.25, 0.3) is 0 Å². The minimum Gasteiger partial charge on any atom is -0.383 e. The number of nitrogens with zero attached hydrogens (tertiary/aromatic N) is 3. The summed E-state index contributed by atoms with van der Waals surface area (Å²) >= 11 is 0. The SMILES string of the molecule is COCCN1C[C@@]2(CCCN(Cc3ccc4ccn(C)c4c3)C2)CCC1=O. The van der Waals surface area contributed by atoms with Crippen LogP contribution in [0.2, 0.25) is 0 Å². The quantitative estimate of drug-likeness (QED) is 0.813. The van der Waals surface area contributed by atoms with Crippen LogP contribution in [0.3, 0.4) is 0 Å². The Morgan fingerprint density at radius 2 is 2.07 bits per heavy atom. The van der Waals surface area contributed by atoms with Crippen LogP contribution in [0.1, 0.15) is 31.2 Å². The summed E-state index contributed by atoms with van der Waals surface area (Å²) in [4.78, 5) is 16.9. The minimum absolute atomic E-state index is 0.259. The Labute approximate surface area is 161 Å². The van der Waals surface area contributed by atoms with E-state index < -0.39 is 0 Å². The Hall–Kier alpha value is -1.85. The zero-order valence-electron chi connectivity index (χ0n) is 16.6. The molecule has 0 N–H and O–H groups in total. The standard InChI is InChI=1S/C22H31N3O2/c1-23-11-7-19-5-4-18(14-20(19)23)15-24-10-3-8-22(16-24)9-6-21(26)25(17-22)12-13-27-2/h4-5,7,11,14H,3,6,8-10,12-13,15-17H2,1-2H3/t22-/m0/s1. The molecule has 4 rings (SSSR count). The second-order valence-corrected chi connectivity index (χ2v) is 8.44. The topological polar surface area (TPSA) is 37.7 Å². The van der Waals surface area contributed by atoms with Crippen LogP contribution in [-0.2, 0) is 23.1 Å². The number of fused-ring (bicyclic) bond motifs is 1. The van der Waals surface area contributed by atoms with E-state index in [9.17, 15) is 4.79 Å². The summed E-state index contributed by atoms with van der Waals surface area (Å²) < 4.78 is 7.39. The van der Waals surface area contributed by atoms with Crippen molar-refractivity contribution in [2.45, 2.75) is 32.2 Å². The van der Waals surface area contributed by atoms with Crippen LogP contribution >= 0.6 is 0 Å². The fourth-order valence-corrected chi connectivity index (χ4v) is 4.95. The van der Waals surface area contributed by atoms with E-state index in [-0.39, 0.29) is 5.41 Å². The molecule has 2 aromatic rings. The van der Waals surface area contributed by atoms with Crippen LogP contribution in [0.25, 0.3) is 10.9 Å². The Kier molecular flexibility index (Phi) is 5.24. The van der Waals surface area contributed by atoms with E-state index in [2.05, 4.69) is 47.0 Å². The highest BCUT2D eigenvalue weighted by molar-refractivity contribution is 5.80. The molecule has 5 heteroatoms. The van der Waals surface area contributed by atoms with E-state index in [0.717, 1.165) is 39.1 Å². The maximum Gasteiger partial charge on any atom is 0.222 e. The second-order valence-electron chi connectivity index (χ2n) is 8.44. The molecular formula is C22H31N3O2. The molecular weight excluding hydrogens is 338 g/mol. The Bertz CT molecular complexity index is 815. The van der Waals surface area contributed by atoms with Crippen molar-refractivity contribution in [3.05, 3.63) is 36.0 Å². The lowest BCUT2D eigenvalue weighted by atomic mass is 9.73. The molecule has 2 aliphatic heterocycles. The van der Waals surface area contributed by atoms with Crippen LogP contribution < -0.4 is 0 Å². The van der Waals surface area contributed by atoms with Gasteiger partial charge >= 0.3 is 0 Å². The predicted octanol–water partition coefficient (Wildman–Crippen LogP) is 3.03. The number of hydrogen-bond acceptors (Lipinski definition) is 3. The number of carbonyl (C=O) groups is 1. The summed E-state index contributed by atoms with van der Waals surface area (Å²) in [5.41, 5.74) is 2.94. The number of likely N-dealkylation sites (tertiary alicyclic amines) is 2. The van der Waals surface area contributed by atoms with Crippen molar-refractivity contribution >= 4 is 16.8 Å². The molecule has 146 valence electrons. The first-order valence-electron chi connectivity index (χ1n) is 10.1. The van der Waals surface area contributed by atoms with Crippen molar-refractivity contribution in [3.63, 3.8) is 0 Å². The number of benzene rings is 1. The second kappa shape index (κ2) is 7.64. The third-order valence-electron chi connectivity index (χ3n) is 6.41. The average molecular weight is 370 g/mol. The summed E-state index contributed by atoms with van der Waals surface area (Å²) in [5.74, 6) is 0.295. The molecule has 1 spiro atoms. The highest BCUT2D eigenvalue weighted by Crippen LogP contribution is 2.39. The maximum absolute atomic E-state index is 12.3. The van der Waals surface area contributed by atoms with Crippen molar-refractivity contribution < 1.29 is 9.53 Å². The van der Waals surface area contributed by atoms with Crippen LogP contribution in [0.15, 0.2) is 30.5 Å². The molecule has 2 fully saturated rings. The molecule has 2 saturated heterocycles. The number of piperidine rings is 2. The molecule has 0 unspecified atom stereocenters. The Balaban J connectivity index is 1.45. The number of carbonyl (C=O) groups excluding carboxylic acids is 1. The van der Waals surface area contributed by atoms with Crippen LogP contribution in [0, 0.1) is 5.41 Å². The summed E-state index contributed by atoms with van der Waals surface area (Å²) in [6.45, 7) is 5.48. The first-order valence-corrected chi connectivity index (χ1v) is 10.1. The zero-order valence-corrected chi connectivity index (χ0v) is 16.6. The van der Waals surface area contributed by atoms with Crippen molar-refractivity contribution in [3.8, 4) is 0 Å². The van der Waals surface area contributed by atoms with Crippen LogP contribution in [0.5, 0.6) is 0 Å². The Morgan fingerprint density at radius 1 is 1.19 bits per heavy atom. The lowest BCUT2D eigenvalue weighted by Crippen LogP contribution is -2.54. The maximum atomic E-state index is 12.3. The lowest BCUT2D eigenvalue weighted by molar-refractivity contribution is -0.140. The van der Waals surface area contributed by atoms with Crippen LogP contribution in [-0.4, -0.2) is 60.2 Å². The predicted molar refractivity (Wildman–Crippen MR) is 108 cm³/mol. The smallest absolute Gasteiger partial charge is 0.222 e. The largest absolute Gasteiger partial charge is 0.383 e. The lowest BCUT2D eigenvalue weighted by Gasteiger charge is -2.48. The summed E-state index contributed by atoms with van der Waals surface area (Å²) in [6.07, 6.45) is 6.29. The molecule has 1 amide bonds. The van der Waals surface area contributed by atoms with Gasteiger partial charge in [-0.3, -0.25) is 9.69 Å². The van der Waals surface area contributed by atoms with Crippen LogP contribution in [0.4, 0.5) is 0 Å². The van der Waals surface area contributed by atoms with E-state index in [1.807, 2.05) is 4.90 Å². The minimum atomic E-state index is 0.259. The molecule has 0 radical (unpaired) electrons. The highest BCUT2D eigenvalue weighted by Gasteiger charge is 2.41. The van der Waals surface area contributed by atoms with Gasteiger partial charge in [-0.15, -0.1) is 0 Å². The van der Waals surface area contributed by atoms with E-state index in [4.69, 9.17) is 4.74 Å². The third-order valence-corrected chi connectivity index (χ3v) is 6.41. The van der Waals surface area contributed by atoms with Gasteiger partial charge in [0.2, 0.25) is 5.91 Å². The number of hydrogen-bond donors (Lipinski definition) is 0. The molecule has 2 aliphatic rings. The molecule has 3 heterocycles. The van der Waals surface area contributed by atoms with Gasteiger partial charge < -0.3 is 14.2 Å². The molecule has 1 aromatic heterocycles. The van der Waals surface area contributed by atoms with E-state index in [1.165, 1.54) is 29.3 Å². The van der Waals surface area contributed by atoms with Gasteiger partial charge in [0.1, 0.15) is 0 Å². The number of rotatable bonds is 5. The number of aromatic nitrogens is 1. The van der Waals surface area contributed by atoms with Gasteiger partial charge in [-0.05, 0) is 48.9 Å². The zero-order chi connectivity index (χ0) is 18.9. The van der Waals surface area contributed by atoms with Gasteiger partial charge in [0, 0.05) is 63.9 Å². The van der Waals surface area contributed by atoms with Gasteiger partial charge in [-0.2, -0.15) is 0 Å². The van der Waals surface area contributed by atoms with Crippen molar-refractivity contribution in [1.82, 2.24) is 14.4 Å². The van der Waals surface area contributed by atoms with Crippen molar-refractivity contribution in [2.75, 3.05) is 39.9 Å². The molecule has 0 bridgehead atoms. The normalized spacial score (nSPS) is 24.2. The molecule has 1 atom stereocenters. The molecule has 0 saturated carbocycles. The number of aryl methyl sites for hydroxylation is 1. The first kappa shape index (κ1) is 18.5. The van der Waals surface area contributed by atoms with Gasteiger partial charge in [-0.25, -0.2) is 0 Å². The number of amides is 1. The fraction of sp³-hybridized carbons (Fsp3) is 0.591. The molecule has 27 heavy (non-hydrogen) atoms. The van der Waals surface area contributed by atoms with Gasteiger partial charge in [0.15, 0.2) is 0 Å². The van der Waals surface area contributed by atoms with Crippen molar-refractivity contribution in [2.24, 2.45) is 12.5 Å². The van der Waals surface area contributed by atoms with E-state index in [1.54, 1.807) is 7.11 Å². The monoisotopic (exact) mass is 369 g/mol. The van der Waals surface area contributed by atoms with E-state index >= 15 is 0 Å². The summed E-state index contributed by atoms with van der Waals surface area (Å²) in [7, 11) is 3.81. The Morgan fingerprint density at radius 3 is 2.93 bits per heavy atom. The highest BCUT2D eigenvalue weighted by atomic mass is 16.5. The first-order chi connectivity index (χ1) is 13.1. The van der Waals surface area contributed by atoms with Gasteiger partial charge in [0.05, 0.1) is 6.61 Å². The third kappa shape index (κ3) is 3.90. The summed E-state index contributed by atoms with van der Waals surface area (Å²) in [6, 6.07) is 8.99. The van der Waals surface area contributed by atoms with Crippen molar-refractivity contribution in [1.29, 1.82) is 0 Å². The molecule has 1 aromatic carbocycles. The summed E-state index contributed by atoms with van der Waals surface area (Å²) in [5, 5.41) is 1.30. The number of ether oxygens (including phenoxy) is 1. The number of methoxy groups -OCH3 is 1. The fourth-order valence-electron chi connectivity index (χ4n) is 4.95. The van der Waals surface area contributed by atoms with Gasteiger partial charge in [-0.1, -0.05) is 12.1 Å².